The van der Waals surface area contributed by atoms with E-state index in [1.807, 2.05) is 0 Å². The fraction of sp³-hybridized carbons (Fsp3) is 0.714. The third-order valence-corrected chi connectivity index (χ3v) is 4.07. The number of piperidine rings is 1. The Balaban J connectivity index is 1.83. The predicted octanol–water partition coefficient (Wildman–Crippen LogP) is 1.90. The average Bonchev–Trinajstić information content (AvgIpc) is 2.95. The minimum atomic E-state index is -4.50. The number of nitrogens with zero attached hydrogens (tertiary/aromatic N) is 4. The highest BCUT2D eigenvalue weighted by Crippen LogP contribution is 2.34. The van der Waals surface area contributed by atoms with Gasteiger partial charge in [-0.2, -0.15) is 18.2 Å². The lowest BCUT2D eigenvalue weighted by Gasteiger charge is -2.37. The molecule has 0 amide bonds. The molecule has 9 heteroatoms. The molecule has 0 saturated carbocycles. The van der Waals surface area contributed by atoms with Crippen LogP contribution in [0, 0.1) is 0 Å². The zero-order valence-corrected chi connectivity index (χ0v) is 13.1. The molecule has 0 aliphatic carbocycles. The molecule has 0 N–H and O–H groups in total. The summed E-state index contributed by atoms with van der Waals surface area (Å²) >= 11 is 0. The van der Waals surface area contributed by atoms with E-state index in [9.17, 15) is 13.2 Å². The summed E-state index contributed by atoms with van der Waals surface area (Å²) in [5.74, 6) is -0.255. The van der Waals surface area contributed by atoms with Crippen molar-refractivity contribution in [2.45, 2.75) is 24.8 Å². The third-order valence-electron chi connectivity index (χ3n) is 4.07. The van der Waals surface area contributed by atoms with Crippen molar-refractivity contribution in [3.8, 4) is 0 Å². The molecule has 6 nitrogen and oxygen atoms in total. The fourth-order valence-electron chi connectivity index (χ4n) is 2.77. The Bertz CT molecular complexity index is 564. The van der Waals surface area contributed by atoms with E-state index in [-0.39, 0.29) is 11.8 Å². The van der Waals surface area contributed by atoms with Crippen LogP contribution in [0.15, 0.2) is 6.07 Å². The van der Waals surface area contributed by atoms with Gasteiger partial charge in [-0.25, -0.2) is 4.98 Å². The van der Waals surface area contributed by atoms with Gasteiger partial charge in [0.2, 0.25) is 5.95 Å². The minimum absolute atomic E-state index is 0.0939. The second-order valence-electron chi connectivity index (χ2n) is 5.90. The lowest BCUT2D eigenvalue weighted by atomic mass is 10.0. The maximum atomic E-state index is 13.1. The first kappa shape index (κ1) is 16.3. The molecular weight excluding hydrogens is 313 g/mol. The summed E-state index contributed by atoms with van der Waals surface area (Å²) in [5.41, 5.74) is -0.931. The van der Waals surface area contributed by atoms with Gasteiger partial charge in [0.1, 0.15) is 5.82 Å². The van der Waals surface area contributed by atoms with Crippen molar-refractivity contribution in [3.05, 3.63) is 11.8 Å². The van der Waals surface area contributed by atoms with E-state index in [0.29, 0.717) is 39.1 Å². The molecule has 1 spiro atoms. The minimum Gasteiger partial charge on any atom is -0.363 e. The second-order valence-corrected chi connectivity index (χ2v) is 5.90. The van der Waals surface area contributed by atoms with E-state index in [0.717, 1.165) is 6.07 Å². The van der Waals surface area contributed by atoms with E-state index in [1.165, 1.54) is 4.90 Å². The molecule has 2 fully saturated rings. The van der Waals surface area contributed by atoms with Gasteiger partial charge in [-0.05, 0) is 0 Å². The summed E-state index contributed by atoms with van der Waals surface area (Å²) in [6, 6.07) is 0.956. The molecule has 0 radical (unpaired) electrons. The molecule has 23 heavy (non-hydrogen) atoms. The molecule has 128 valence electrons. The molecule has 0 unspecified atom stereocenters. The van der Waals surface area contributed by atoms with Crippen LogP contribution in [-0.2, 0) is 15.7 Å². The number of anilines is 2. The first-order valence-corrected chi connectivity index (χ1v) is 7.46. The quantitative estimate of drug-likeness (QED) is 0.825. The number of ether oxygens (including phenoxy) is 2. The Morgan fingerprint density at radius 1 is 1.13 bits per heavy atom. The number of hydrogen-bond acceptors (Lipinski definition) is 6. The number of halogens is 3. The van der Waals surface area contributed by atoms with Crippen LogP contribution in [0.4, 0.5) is 24.9 Å². The Labute approximate surface area is 132 Å². The SMILES string of the molecule is CN(C)c1cc(C(F)(F)F)nc(N2CCC3(CC2)OCCO3)n1. The van der Waals surface area contributed by atoms with Crippen LogP contribution in [0.25, 0.3) is 0 Å². The summed E-state index contributed by atoms with van der Waals surface area (Å²) in [6.07, 6.45) is -3.33. The van der Waals surface area contributed by atoms with Gasteiger partial charge in [-0.1, -0.05) is 0 Å². The number of rotatable bonds is 2. The maximum absolute atomic E-state index is 13.1. The molecule has 0 bridgehead atoms. The fourth-order valence-corrected chi connectivity index (χ4v) is 2.77. The Kier molecular flexibility index (Phi) is 4.09. The summed E-state index contributed by atoms with van der Waals surface area (Å²) < 4.78 is 50.4. The summed E-state index contributed by atoms with van der Waals surface area (Å²) in [7, 11) is 3.30. The summed E-state index contributed by atoms with van der Waals surface area (Å²) in [5, 5.41) is 0. The molecule has 2 saturated heterocycles. The van der Waals surface area contributed by atoms with Crippen LogP contribution in [0.2, 0.25) is 0 Å². The predicted molar refractivity (Wildman–Crippen MR) is 77.4 cm³/mol. The molecule has 0 aromatic carbocycles. The smallest absolute Gasteiger partial charge is 0.363 e. The molecule has 3 heterocycles. The highest BCUT2D eigenvalue weighted by Gasteiger charge is 2.41. The first-order valence-electron chi connectivity index (χ1n) is 7.46. The third kappa shape index (κ3) is 3.35. The summed E-state index contributed by atoms with van der Waals surface area (Å²) in [6.45, 7) is 2.11. The number of hydrogen-bond donors (Lipinski definition) is 0. The Morgan fingerprint density at radius 2 is 1.74 bits per heavy atom. The molecule has 2 aliphatic rings. The Hall–Kier alpha value is -1.61. The van der Waals surface area contributed by atoms with Crippen LogP contribution in [0.1, 0.15) is 18.5 Å². The Morgan fingerprint density at radius 3 is 2.26 bits per heavy atom. The molecular formula is C14H19F3N4O2. The maximum Gasteiger partial charge on any atom is 0.433 e. The van der Waals surface area contributed by atoms with E-state index in [1.54, 1.807) is 19.0 Å². The van der Waals surface area contributed by atoms with Gasteiger partial charge >= 0.3 is 6.18 Å². The normalized spacial score (nSPS) is 21.0. The van der Waals surface area contributed by atoms with Gasteiger partial charge in [0.25, 0.3) is 0 Å². The lowest BCUT2D eigenvalue weighted by Crippen LogP contribution is -2.45. The van der Waals surface area contributed by atoms with Gasteiger partial charge < -0.3 is 19.3 Å². The van der Waals surface area contributed by atoms with Crippen molar-refractivity contribution in [2.24, 2.45) is 0 Å². The standard InChI is InChI=1S/C14H19F3N4O2/c1-20(2)11-9-10(14(15,16)17)18-12(19-11)21-5-3-13(4-6-21)22-7-8-23-13/h9H,3-8H2,1-2H3. The van der Waals surface area contributed by atoms with Crippen LogP contribution in [0.5, 0.6) is 0 Å². The number of aromatic nitrogens is 2. The topological polar surface area (TPSA) is 50.7 Å². The lowest BCUT2D eigenvalue weighted by molar-refractivity contribution is -0.169. The van der Waals surface area contributed by atoms with Gasteiger partial charge in [0.15, 0.2) is 11.5 Å². The molecule has 1 aromatic heterocycles. The zero-order chi connectivity index (χ0) is 16.7. The van der Waals surface area contributed by atoms with Gasteiger partial charge in [-0.3, -0.25) is 0 Å². The van der Waals surface area contributed by atoms with Crippen LogP contribution >= 0.6 is 0 Å². The van der Waals surface area contributed by atoms with Gasteiger partial charge in [-0.15, -0.1) is 0 Å². The molecule has 2 aliphatic heterocycles. The summed E-state index contributed by atoms with van der Waals surface area (Å²) in [4.78, 5) is 11.2. The first-order chi connectivity index (χ1) is 10.8. The van der Waals surface area contributed by atoms with Gasteiger partial charge in [0, 0.05) is 46.1 Å². The van der Waals surface area contributed by atoms with Crippen molar-refractivity contribution in [1.29, 1.82) is 0 Å². The van der Waals surface area contributed by atoms with Crippen molar-refractivity contribution in [3.63, 3.8) is 0 Å². The van der Waals surface area contributed by atoms with Crippen LogP contribution < -0.4 is 9.80 Å². The van der Waals surface area contributed by atoms with Crippen molar-refractivity contribution >= 4 is 11.8 Å². The van der Waals surface area contributed by atoms with Crippen LogP contribution in [-0.4, -0.2) is 56.2 Å². The highest BCUT2D eigenvalue weighted by molar-refractivity contribution is 5.46. The van der Waals surface area contributed by atoms with E-state index >= 15 is 0 Å². The second kappa shape index (κ2) is 5.79. The van der Waals surface area contributed by atoms with Crippen molar-refractivity contribution in [1.82, 2.24) is 9.97 Å². The average molecular weight is 332 g/mol. The van der Waals surface area contributed by atoms with E-state index in [2.05, 4.69) is 9.97 Å². The zero-order valence-electron chi connectivity index (χ0n) is 13.1. The molecule has 3 rings (SSSR count). The molecule has 1 aromatic rings. The monoisotopic (exact) mass is 332 g/mol. The largest absolute Gasteiger partial charge is 0.433 e. The van der Waals surface area contributed by atoms with Crippen LogP contribution in [0.3, 0.4) is 0 Å². The van der Waals surface area contributed by atoms with E-state index in [4.69, 9.17) is 9.47 Å². The van der Waals surface area contributed by atoms with Crippen molar-refractivity contribution < 1.29 is 22.6 Å². The highest BCUT2D eigenvalue weighted by atomic mass is 19.4. The van der Waals surface area contributed by atoms with Gasteiger partial charge in [0.05, 0.1) is 13.2 Å². The number of alkyl halides is 3. The molecule has 0 atom stereocenters. The van der Waals surface area contributed by atoms with Crippen molar-refractivity contribution in [2.75, 3.05) is 50.2 Å². The van der Waals surface area contributed by atoms with E-state index < -0.39 is 17.7 Å².